The van der Waals surface area contributed by atoms with Gasteiger partial charge in [-0.05, 0) is 36.5 Å². The molecule has 4 N–H and O–H groups in total. The molecule has 0 spiro atoms. The SMILES string of the molecule is CC1CCCCC1C1CCCCC1C.O.O. The van der Waals surface area contributed by atoms with Gasteiger partial charge in [-0.3, -0.25) is 0 Å². The molecular formula is C14H30O2. The highest BCUT2D eigenvalue weighted by atomic mass is 16.0. The van der Waals surface area contributed by atoms with Crippen LogP contribution < -0.4 is 0 Å². The van der Waals surface area contributed by atoms with Crippen LogP contribution in [0.25, 0.3) is 0 Å². The lowest BCUT2D eigenvalue weighted by atomic mass is 9.65. The molecule has 0 radical (unpaired) electrons. The van der Waals surface area contributed by atoms with E-state index in [9.17, 15) is 0 Å². The van der Waals surface area contributed by atoms with E-state index in [1.165, 1.54) is 51.4 Å². The van der Waals surface area contributed by atoms with E-state index in [4.69, 9.17) is 0 Å². The Bertz CT molecular complexity index is 162. The summed E-state index contributed by atoms with van der Waals surface area (Å²) in [7, 11) is 0. The van der Waals surface area contributed by atoms with Gasteiger partial charge in [0.2, 0.25) is 0 Å². The Hall–Kier alpha value is -0.0800. The Morgan fingerprint density at radius 2 is 0.875 bits per heavy atom. The smallest absolute Gasteiger partial charge is 0.0358 e. The van der Waals surface area contributed by atoms with Crippen molar-refractivity contribution in [1.29, 1.82) is 0 Å². The van der Waals surface area contributed by atoms with Gasteiger partial charge in [0.15, 0.2) is 0 Å². The van der Waals surface area contributed by atoms with Gasteiger partial charge < -0.3 is 11.0 Å². The summed E-state index contributed by atoms with van der Waals surface area (Å²) in [5.74, 6) is 4.21. The van der Waals surface area contributed by atoms with E-state index >= 15 is 0 Å². The van der Waals surface area contributed by atoms with Crippen molar-refractivity contribution in [1.82, 2.24) is 0 Å². The van der Waals surface area contributed by atoms with Crippen molar-refractivity contribution in [2.45, 2.75) is 65.2 Å². The van der Waals surface area contributed by atoms with Crippen LogP contribution in [0.1, 0.15) is 65.2 Å². The van der Waals surface area contributed by atoms with Gasteiger partial charge in [0.1, 0.15) is 0 Å². The molecule has 4 unspecified atom stereocenters. The topological polar surface area (TPSA) is 63.0 Å². The zero-order valence-electron chi connectivity index (χ0n) is 11.0. The van der Waals surface area contributed by atoms with Crippen LogP contribution in [0.3, 0.4) is 0 Å². The largest absolute Gasteiger partial charge is 0.412 e. The van der Waals surface area contributed by atoms with Crippen molar-refractivity contribution in [3.63, 3.8) is 0 Å². The summed E-state index contributed by atoms with van der Waals surface area (Å²) in [6.07, 6.45) is 12.1. The summed E-state index contributed by atoms with van der Waals surface area (Å²) < 4.78 is 0. The van der Waals surface area contributed by atoms with Crippen molar-refractivity contribution in [3.05, 3.63) is 0 Å². The van der Waals surface area contributed by atoms with Crippen LogP contribution in [-0.4, -0.2) is 11.0 Å². The van der Waals surface area contributed by atoms with E-state index in [-0.39, 0.29) is 11.0 Å². The summed E-state index contributed by atoms with van der Waals surface area (Å²) >= 11 is 0. The fourth-order valence-electron chi connectivity index (χ4n) is 3.96. The molecule has 2 aliphatic rings. The third-order valence-corrected chi connectivity index (χ3v) is 4.91. The maximum atomic E-state index is 2.51. The van der Waals surface area contributed by atoms with E-state index in [0.717, 1.165) is 23.7 Å². The molecule has 16 heavy (non-hydrogen) atoms. The van der Waals surface area contributed by atoms with E-state index in [1.54, 1.807) is 0 Å². The molecule has 4 atom stereocenters. The first-order valence-electron chi connectivity index (χ1n) is 6.79. The minimum absolute atomic E-state index is 0. The predicted octanol–water partition coefficient (Wildman–Crippen LogP) is 2.99. The van der Waals surface area contributed by atoms with Crippen LogP contribution in [0.15, 0.2) is 0 Å². The number of hydrogen-bond acceptors (Lipinski definition) is 0. The first-order chi connectivity index (χ1) is 6.79. The zero-order valence-corrected chi connectivity index (χ0v) is 11.0. The van der Waals surface area contributed by atoms with Crippen LogP contribution in [0, 0.1) is 23.7 Å². The highest BCUT2D eigenvalue weighted by Crippen LogP contribution is 2.43. The monoisotopic (exact) mass is 230 g/mol. The third kappa shape index (κ3) is 3.46. The molecule has 0 aromatic carbocycles. The Labute approximate surface area is 100 Å². The van der Waals surface area contributed by atoms with Crippen molar-refractivity contribution < 1.29 is 11.0 Å². The average molecular weight is 230 g/mol. The van der Waals surface area contributed by atoms with Crippen molar-refractivity contribution >= 4 is 0 Å². The Balaban J connectivity index is 0.00000112. The summed E-state index contributed by atoms with van der Waals surface area (Å²) in [4.78, 5) is 0. The summed E-state index contributed by atoms with van der Waals surface area (Å²) in [6.45, 7) is 5.01. The standard InChI is InChI=1S/C14H26.2H2O/c1-11-7-3-5-9-13(11)14-10-6-4-8-12(14)2;;/h11-14H,3-10H2,1-2H3;2*1H2. The Kier molecular flexibility index (Phi) is 7.25. The first kappa shape index (κ1) is 15.9. The van der Waals surface area contributed by atoms with Gasteiger partial charge in [-0.15, -0.1) is 0 Å². The van der Waals surface area contributed by atoms with E-state index in [1.807, 2.05) is 0 Å². The highest BCUT2D eigenvalue weighted by Gasteiger charge is 2.33. The average Bonchev–Trinajstić information content (AvgIpc) is 2.20. The van der Waals surface area contributed by atoms with Gasteiger partial charge in [-0.25, -0.2) is 0 Å². The minimum atomic E-state index is 0. The quantitative estimate of drug-likeness (QED) is 0.665. The molecule has 0 heterocycles. The van der Waals surface area contributed by atoms with Gasteiger partial charge in [0.05, 0.1) is 0 Å². The molecule has 2 rings (SSSR count). The van der Waals surface area contributed by atoms with Gasteiger partial charge in [0, 0.05) is 0 Å². The molecule has 0 aliphatic heterocycles. The maximum absolute atomic E-state index is 2.51. The van der Waals surface area contributed by atoms with Gasteiger partial charge in [-0.2, -0.15) is 0 Å². The second-order valence-corrected chi connectivity index (χ2v) is 5.85. The second kappa shape index (κ2) is 7.29. The Morgan fingerprint density at radius 3 is 1.19 bits per heavy atom. The summed E-state index contributed by atoms with van der Waals surface area (Å²) in [5, 5.41) is 0. The fraction of sp³-hybridized carbons (Fsp3) is 1.00. The normalized spacial score (nSPS) is 39.4. The molecule has 2 heteroatoms. The fourth-order valence-corrected chi connectivity index (χ4v) is 3.96. The molecule has 0 bridgehead atoms. The predicted molar refractivity (Wildman–Crippen MR) is 69.5 cm³/mol. The number of rotatable bonds is 1. The van der Waals surface area contributed by atoms with Crippen LogP contribution in [0.4, 0.5) is 0 Å². The molecular weight excluding hydrogens is 200 g/mol. The zero-order chi connectivity index (χ0) is 9.97. The van der Waals surface area contributed by atoms with Gasteiger partial charge in [0.25, 0.3) is 0 Å². The van der Waals surface area contributed by atoms with Crippen molar-refractivity contribution in [2.24, 2.45) is 23.7 Å². The second-order valence-electron chi connectivity index (χ2n) is 5.85. The molecule has 0 aromatic heterocycles. The molecule has 0 amide bonds. The van der Waals surface area contributed by atoms with Crippen LogP contribution in [-0.2, 0) is 0 Å². The van der Waals surface area contributed by atoms with E-state index in [0.29, 0.717) is 0 Å². The van der Waals surface area contributed by atoms with E-state index in [2.05, 4.69) is 13.8 Å². The van der Waals surface area contributed by atoms with Crippen molar-refractivity contribution in [2.75, 3.05) is 0 Å². The molecule has 0 saturated heterocycles. The van der Waals surface area contributed by atoms with Crippen LogP contribution in [0.2, 0.25) is 0 Å². The van der Waals surface area contributed by atoms with Crippen LogP contribution >= 0.6 is 0 Å². The molecule has 2 fully saturated rings. The van der Waals surface area contributed by atoms with Crippen molar-refractivity contribution in [3.8, 4) is 0 Å². The van der Waals surface area contributed by atoms with E-state index < -0.39 is 0 Å². The molecule has 2 nitrogen and oxygen atoms in total. The summed E-state index contributed by atoms with van der Waals surface area (Å²) in [5.41, 5.74) is 0. The highest BCUT2D eigenvalue weighted by molar-refractivity contribution is 4.83. The molecule has 2 saturated carbocycles. The lowest BCUT2D eigenvalue weighted by Crippen LogP contribution is -2.31. The lowest BCUT2D eigenvalue weighted by molar-refractivity contribution is 0.0974. The first-order valence-corrected chi connectivity index (χ1v) is 6.79. The van der Waals surface area contributed by atoms with Crippen LogP contribution in [0.5, 0.6) is 0 Å². The maximum Gasteiger partial charge on any atom is -0.0358 e. The number of hydrogen-bond donors (Lipinski definition) is 0. The third-order valence-electron chi connectivity index (χ3n) is 4.91. The summed E-state index contributed by atoms with van der Waals surface area (Å²) in [6, 6.07) is 0. The molecule has 2 aliphatic carbocycles. The lowest BCUT2D eigenvalue weighted by Gasteiger charge is -2.41. The minimum Gasteiger partial charge on any atom is -0.412 e. The van der Waals surface area contributed by atoms with Gasteiger partial charge >= 0.3 is 0 Å². The van der Waals surface area contributed by atoms with Gasteiger partial charge in [-0.1, -0.05) is 52.4 Å². The molecule has 98 valence electrons. The molecule has 0 aromatic rings. The Morgan fingerprint density at radius 1 is 0.562 bits per heavy atom.